The standard InChI is InChI=1S/C12H25NO3S/c1-13(2,3)10-11(9-12(14)15)16-7-5-4-6-8-17/h11H,4-10H2,1-3H3,(H-,14,15,17). The molecule has 0 aromatic rings. The Morgan fingerprint density at radius 1 is 1.29 bits per heavy atom. The van der Waals surface area contributed by atoms with E-state index in [0.717, 1.165) is 25.0 Å². The molecule has 0 N–H and O–H groups in total. The maximum atomic E-state index is 10.6. The molecule has 0 aliphatic carbocycles. The number of ether oxygens (including phenoxy) is 1. The molecule has 0 heterocycles. The number of nitrogens with zero attached hydrogens (tertiary/aromatic N) is 1. The molecular formula is C12H25NO3S. The SMILES string of the molecule is C[N+](C)(C)CC(CC(=O)[O-])OCCCCCS. The number of carbonyl (C=O) groups excluding carboxylic acids is 1. The highest BCUT2D eigenvalue weighted by atomic mass is 32.1. The molecule has 1 atom stereocenters. The maximum absolute atomic E-state index is 10.6. The van der Waals surface area contributed by atoms with Crippen molar-refractivity contribution in [3.05, 3.63) is 0 Å². The number of unbranched alkanes of at least 4 members (excludes halogenated alkanes) is 2. The number of thiol groups is 1. The molecule has 0 fully saturated rings. The predicted molar refractivity (Wildman–Crippen MR) is 70.0 cm³/mol. The third kappa shape index (κ3) is 12.0. The first-order valence-corrected chi connectivity index (χ1v) is 6.71. The minimum absolute atomic E-state index is 0.0257. The second-order valence-electron chi connectivity index (χ2n) is 5.33. The van der Waals surface area contributed by atoms with Crippen LogP contribution in [0, 0.1) is 0 Å². The quantitative estimate of drug-likeness (QED) is 0.351. The summed E-state index contributed by atoms with van der Waals surface area (Å²) in [4.78, 5) is 10.6. The van der Waals surface area contributed by atoms with E-state index in [2.05, 4.69) is 12.6 Å². The molecule has 0 saturated carbocycles. The van der Waals surface area contributed by atoms with E-state index in [-0.39, 0.29) is 12.5 Å². The monoisotopic (exact) mass is 263 g/mol. The fourth-order valence-corrected chi connectivity index (χ4v) is 1.84. The number of carbonyl (C=O) groups is 1. The fourth-order valence-electron chi connectivity index (χ4n) is 1.61. The number of aliphatic carboxylic acids is 1. The van der Waals surface area contributed by atoms with Crippen LogP contribution in [0.5, 0.6) is 0 Å². The van der Waals surface area contributed by atoms with Crippen LogP contribution in [0.1, 0.15) is 25.7 Å². The molecule has 1 unspecified atom stereocenters. The lowest BCUT2D eigenvalue weighted by Gasteiger charge is -2.29. The first-order valence-electron chi connectivity index (χ1n) is 6.08. The molecule has 0 aromatic carbocycles. The summed E-state index contributed by atoms with van der Waals surface area (Å²) in [5.41, 5.74) is 0. The zero-order valence-corrected chi connectivity index (χ0v) is 12.0. The van der Waals surface area contributed by atoms with E-state index in [9.17, 15) is 9.90 Å². The molecular weight excluding hydrogens is 238 g/mol. The molecule has 0 rings (SSSR count). The van der Waals surface area contributed by atoms with E-state index < -0.39 is 5.97 Å². The number of carboxylic acids is 1. The summed E-state index contributed by atoms with van der Waals surface area (Å²) in [5.74, 6) is -0.153. The summed E-state index contributed by atoms with van der Waals surface area (Å²) < 4.78 is 6.30. The zero-order valence-electron chi connectivity index (χ0n) is 11.1. The van der Waals surface area contributed by atoms with E-state index in [1.54, 1.807) is 0 Å². The van der Waals surface area contributed by atoms with Gasteiger partial charge in [-0.25, -0.2) is 0 Å². The lowest BCUT2D eigenvalue weighted by Crippen LogP contribution is -2.44. The minimum Gasteiger partial charge on any atom is -0.550 e. The molecule has 0 saturated heterocycles. The van der Waals surface area contributed by atoms with Crippen LogP contribution in [0.2, 0.25) is 0 Å². The summed E-state index contributed by atoms with van der Waals surface area (Å²) in [6.07, 6.45) is 2.83. The number of carboxylic acid groups (broad SMARTS) is 1. The highest BCUT2D eigenvalue weighted by Crippen LogP contribution is 2.06. The Morgan fingerprint density at radius 3 is 2.41 bits per heavy atom. The Labute approximate surface area is 110 Å². The van der Waals surface area contributed by atoms with Crippen molar-refractivity contribution in [2.24, 2.45) is 0 Å². The lowest BCUT2D eigenvalue weighted by atomic mass is 10.2. The molecule has 0 spiro atoms. The molecule has 0 aromatic heterocycles. The van der Waals surface area contributed by atoms with Crippen LogP contribution in [0.25, 0.3) is 0 Å². The molecule has 0 aliphatic rings. The number of hydrogen-bond donors (Lipinski definition) is 1. The molecule has 0 amide bonds. The second kappa shape index (κ2) is 8.78. The highest BCUT2D eigenvalue weighted by Gasteiger charge is 2.18. The van der Waals surface area contributed by atoms with Crippen LogP contribution in [-0.2, 0) is 9.53 Å². The maximum Gasteiger partial charge on any atom is 0.112 e. The van der Waals surface area contributed by atoms with Gasteiger partial charge in [-0.05, 0) is 18.6 Å². The summed E-state index contributed by atoms with van der Waals surface area (Å²) in [6.45, 7) is 1.30. The molecule has 5 heteroatoms. The topological polar surface area (TPSA) is 49.4 Å². The molecule has 0 aliphatic heterocycles. The van der Waals surface area contributed by atoms with Gasteiger partial charge in [-0.2, -0.15) is 12.6 Å². The largest absolute Gasteiger partial charge is 0.550 e. The van der Waals surface area contributed by atoms with Gasteiger partial charge in [0, 0.05) is 19.0 Å². The number of hydrogen-bond acceptors (Lipinski definition) is 4. The lowest BCUT2D eigenvalue weighted by molar-refractivity contribution is -0.873. The van der Waals surface area contributed by atoms with Crippen LogP contribution >= 0.6 is 12.6 Å². The van der Waals surface area contributed by atoms with Gasteiger partial charge in [-0.3, -0.25) is 0 Å². The fraction of sp³-hybridized carbons (Fsp3) is 0.917. The van der Waals surface area contributed by atoms with Crippen molar-refractivity contribution in [3.8, 4) is 0 Å². The summed E-state index contributed by atoms with van der Waals surface area (Å²) in [7, 11) is 6.06. The second-order valence-corrected chi connectivity index (χ2v) is 5.77. The van der Waals surface area contributed by atoms with Crippen molar-refractivity contribution >= 4 is 18.6 Å². The van der Waals surface area contributed by atoms with Gasteiger partial charge < -0.3 is 19.1 Å². The summed E-state index contributed by atoms with van der Waals surface area (Å²) >= 11 is 4.14. The Balaban J connectivity index is 3.90. The normalized spacial score (nSPS) is 13.6. The number of likely N-dealkylation sites (N-methyl/N-ethyl adjacent to an activating group) is 1. The molecule has 102 valence electrons. The van der Waals surface area contributed by atoms with Crippen molar-refractivity contribution in [1.82, 2.24) is 0 Å². The minimum atomic E-state index is -1.04. The number of rotatable bonds is 10. The van der Waals surface area contributed by atoms with Gasteiger partial charge >= 0.3 is 0 Å². The van der Waals surface area contributed by atoms with Gasteiger partial charge in [-0.15, -0.1) is 0 Å². The van der Waals surface area contributed by atoms with Gasteiger partial charge in [0.15, 0.2) is 0 Å². The third-order valence-corrected chi connectivity index (χ3v) is 2.62. The van der Waals surface area contributed by atoms with Crippen LogP contribution in [-0.4, -0.2) is 56.6 Å². The van der Waals surface area contributed by atoms with Crippen LogP contribution in [0.4, 0.5) is 0 Å². The first-order chi connectivity index (χ1) is 7.85. The van der Waals surface area contributed by atoms with Crippen LogP contribution in [0.15, 0.2) is 0 Å². The molecule has 0 bridgehead atoms. The van der Waals surface area contributed by atoms with Gasteiger partial charge in [0.05, 0.1) is 21.1 Å². The third-order valence-electron chi connectivity index (χ3n) is 2.30. The first kappa shape index (κ1) is 16.7. The average Bonchev–Trinajstić information content (AvgIpc) is 2.13. The van der Waals surface area contributed by atoms with Crippen molar-refractivity contribution in [2.45, 2.75) is 31.8 Å². The van der Waals surface area contributed by atoms with E-state index >= 15 is 0 Å². The van der Waals surface area contributed by atoms with Gasteiger partial charge in [0.2, 0.25) is 0 Å². The Hall–Kier alpha value is -0.260. The molecule has 4 nitrogen and oxygen atoms in total. The van der Waals surface area contributed by atoms with E-state index in [1.165, 1.54) is 0 Å². The van der Waals surface area contributed by atoms with Crippen molar-refractivity contribution in [3.63, 3.8) is 0 Å². The smallest absolute Gasteiger partial charge is 0.112 e. The number of quaternary nitrogens is 1. The van der Waals surface area contributed by atoms with Crippen molar-refractivity contribution < 1.29 is 19.1 Å². The van der Waals surface area contributed by atoms with Crippen LogP contribution in [0.3, 0.4) is 0 Å². The van der Waals surface area contributed by atoms with Crippen LogP contribution < -0.4 is 5.11 Å². The average molecular weight is 263 g/mol. The molecule has 0 radical (unpaired) electrons. The van der Waals surface area contributed by atoms with Gasteiger partial charge in [0.1, 0.15) is 12.6 Å². The van der Waals surface area contributed by atoms with E-state index in [1.807, 2.05) is 21.1 Å². The van der Waals surface area contributed by atoms with Crippen molar-refractivity contribution in [2.75, 3.05) is 40.0 Å². The molecule has 17 heavy (non-hydrogen) atoms. The summed E-state index contributed by atoms with van der Waals surface area (Å²) in [6, 6.07) is 0. The van der Waals surface area contributed by atoms with Gasteiger partial charge in [0.25, 0.3) is 0 Å². The van der Waals surface area contributed by atoms with Crippen molar-refractivity contribution in [1.29, 1.82) is 0 Å². The highest BCUT2D eigenvalue weighted by molar-refractivity contribution is 7.80. The predicted octanol–water partition coefficient (Wildman–Crippen LogP) is 0.318. The Morgan fingerprint density at radius 2 is 1.94 bits per heavy atom. The van der Waals surface area contributed by atoms with E-state index in [4.69, 9.17) is 4.74 Å². The van der Waals surface area contributed by atoms with E-state index in [0.29, 0.717) is 17.6 Å². The van der Waals surface area contributed by atoms with Gasteiger partial charge in [-0.1, -0.05) is 6.42 Å². The zero-order chi connectivity index (χ0) is 13.3. The Bertz CT molecular complexity index is 216. The Kier molecular flexibility index (Phi) is 8.64. The summed E-state index contributed by atoms with van der Waals surface area (Å²) in [5, 5.41) is 10.6.